The second-order valence-corrected chi connectivity index (χ2v) is 7.40. The zero-order chi connectivity index (χ0) is 23.6. The molecule has 1 aliphatic rings. The van der Waals surface area contributed by atoms with Crippen molar-refractivity contribution in [1.29, 1.82) is 0 Å². The molecule has 0 aliphatic carbocycles. The van der Waals surface area contributed by atoms with Crippen molar-refractivity contribution >= 4 is 17.8 Å². The molecule has 10 nitrogen and oxygen atoms in total. The number of carbonyl (C=O) groups is 3. The molecular formula is C21H32N2O8. The number of benzene rings is 1. The maximum absolute atomic E-state index is 12.2. The molecule has 174 valence electrons. The van der Waals surface area contributed by atoms with Gasteiger partial charge in [-0.05, 0) is 23.6 Å². The predicted octanol–water partition coefficient (Wildman–Crippen LogP) is 1.56. The quantitative estimate of drug-likeness (QED) is 0.607. The number of piperazine rings is 1. The van der Waals surface area contributed by atoms with E-state index in [9.17, 15) is 4.79 Å². The Balaban J connectivity index is 0.000000703. The maximum atomic E-state index is 12.2. The van der Waals surface area contributed by atoms with Crippen LogP contribution >= 0.6 is 0 Å². The van der Waals surface area contributed by atoms with Crippen LogP contribution in [0.5, 0.6) is 17.2 Å². The summed E-state index contributed by atoms with van der Waals surface area (Å²) < 4.78 is 16.2. The minimum Gasteiger partial charge on any atom is -0.493 e. The second kappa shape index (κ2) is 12.6. The van der Waals surface area contributed by atoms with E-state index in [1.807, 2.05) is 17.0 Å². The summed E-state index contributed by atoms with van der Waals surface area (Å²) in [6, 6.07) is 3.97. The summed E-state index contributed by atoms with van der Waals surface area (Å²) in [6.45, 7) is 8.28. The van der Waals surface area contributed by atoms with E-state index in [1.165, 1.54) is 0 Å². The summed E-state index contributed by atoms with van der Waals surface area (Å²) in [5, 5.41) is 14.8. The first-order valence-corrected chi connectivity index (χ1v) is 9.88. The van der Waals surface area contributed by atoms with Gasteiger partial charge in [0.2, 0.25) is 11.7 Å². The van der Waals surface area contributed by atoms with Gasteiger partial charge in [0.05, 0.1) is 21.3 Å². The number of hydrogen-bond donors (Lipinski definition) is 2. The molecule has 1 aromatic carbocycles. The highest BCUT2D eigenvalue weighted by molar-refractivity contribution is 6.27. The fraction of sp³-hybridized carbons (Fsp3) is 0.571. The van der Waals surface area contributed by atoms with Gasteiger partial charge in [0.15, 0.2) is 11.5 Å². The number of carboxylic acid groups (broad SMARTS) is 2. The lowest BCUT2D eigenvalue weighted by molar-refractivity contribution is -0.159. The zero-order valence-electron chi connectivity index (χ0n) is 18.7. The van der Waals surface area contributed by atoms with Crippen LogP contribution in [0.15, 0.2) is 12.1 Å². The molecule has 0 atom stereocenters. The molecule has 0 spiro atoms. The number of aliphatic carboxylic acids is 2. The van der Waals surface area contributed by atoms with Crippen LogP contribution in [0.25, 0.3) is 0 Å². The number of hydrogen-bond acceptors (Lipinski definition) is 7. The highest BCUT2D eigenvalue weighted by Crippen LogP contribution is 2.38. The molecule has 2 N–H and O–H groups in total. The van der Waals surface area contributed by atoms with Crippen LogP contribution in [-0.2, 0) is 20.9 Å². The van der Waals surface area contributed by atoms with Gasteiger partial charge in [-0.3, -0.25) is 9.69 Å². The van der Waals surface area contributed by atoms with Gasteiger partial charge in [0, 0.05) is 39.1 Å². The highest BCUT2D eigenvalue weighted by Gasteiger charge is 2.22. The van der Waals surface area contributed by atoms with E-state index < -0.39 is 11.9 Å². The summed E-state index contributed by atoms with van der Waals surface area (Å²) in [4.78, 5) is 34.7. The summed E-state index contributed by atoms with van der Waals surface area (Å²) in [5.41, 5.74) is 1.11. The minimum atomic E-state index is -1.82. The Bertz CT molecular complexity index is 721. The summed E-state index contributed by atoms with van der Waals surface area (Å²) >= 11 is 0. The van der Waals surface area contributed by atoms with Gasteiger partial charge >= 0.3 is 11.9 Å². The van der Waals surface area contributed by atoms with E-state index in [4.69, 9.17) is 34.0 Å². The lowest BCUT2D eigenvalue weighted by Crippen LogP contribution is -2.48. The SMILES string of the molecule is COc1cc(CN2CCN(C(=O)CC(C)C)CC2)cc(OC)c1OC.O=C(O)C(=O)O. The van der Waals surface area contributed by atoms with Crippen molar-refractivity contribution < 1.29 is 38.8 Å². The van der Waals surface area contributed by atoms with Crippen LogP contribution in [0.3, 0.4) is 0 Å². The molecule has 1 saturated heterocycles. The van der Waals surface area contributed by atoms with Crippen LogP contribution in [0.1, 0.15) is 25.8 Å². The van der Waals surface area contributed by atoms with Crippen LogP contribution in [-0.4, -0.2) is 85.4 Å². The molecule has 1 heterocycles. The average Bonchev–Trinajstić information content (AvgIpc) is 2.73. The molecule has 0 radical (unpaired) electrons. The third-order valence-electron chi connectivity index (χ3n) is 4.62. The first-order chi connectivity index (χ1) is 14.6. The Morgan fingerprint density at radius 3 is 1.74 bits per heavy atom. The van der Waals surface area contributed by atoms with Crippen molar-refractivity contribution in [3.05, 3.63) is 17.7 Å². The molecule has 0 unspecified atom stereocenters. The molecule has 1 amide bonds. The lowest BCUT2D eigenvalue weighted by atomic mass is 10.1. The van der Waals surface area contributed by atoms with Gasteiger partial charge in [-0.2, -0.15) is 0 Å². The van der Waals surface area contributed by atoms with Crippen molar-refractivity contribution in [3.8, 4) is 17.2 Å². The largest absolute Gasteiger partial charge is 0.493 e. The van der Waals surface area contributed by atoms with Crippen LogP contribution in [0.2, 0.25) is 0 Å². The van der Waals surface area contributed by atoms with Crippen molar-refractivity contribution in [3.63, 3.8) is 0 Å². The van der Waals surface area contributed by atoms with Crippen LogP contribution < -0.4 is 14.2 Å². The lowest BCUT2D eigenvalue weighted by Gasteiger charge is -2.35. The Hall–Kier alpha value is -3.01. The molecule has 2 rings (SSSR count). The smallest absolute Gasteiger partial charge is 0.414 e. The van der Waals surface area contributed by atoms with E-state index in [0.717, 1.165) is 38.3 Å². The second-order valence-electron chi connectivity index (χ2n) is 7.40. The van der Waals surface area contributed by atoms with Gasteiger partial charge in [0.25, 0.3) is 0 Å². The molecule has 1 aromatic rings. The van der Waals surface area contributed by atoms with E-state index in [1.54, 1.807) is 21.3 Å². The standard InChI is InChI=1S/C19H30N2O4.C2H2O4/c1-14(2)10-18(22)21-8-6-20(7-9-21)13-15-11-16(23-3)19(25-5)17(12-15)24-4;3-1(4)2(5)6/h11-12,14H,6-10,13H2,1-5H3;(H,3,4)(H,5,6). The Morgan fingerprint density at radius 2 is 1.39 bits per heavy atom. The van der Waals surface area contributed by atoms with Gasteiger partial charge in [-0.15, -0.1) is 0 Å². The molecule has 31 heavy (non-hydrogen) atoms. The number of carbonyl (C=O) groups excluding carboxylic acids is 1. The highest BCUT2D eigenvalue weighted by atomic mass is 16.5. The van der Waals surface area contributed by atoms with Crippen LogP contribution in [0, 0.1) is 5.92 Å². The molecule has 0 aromatic heterocycles. The Morgan fingerprint density at radius 1 is 0.903 bits per heavy atom. The van der Waals surface area contributed by atoms with E-state index in [0.29, 0.717) is 29.6 Å². The van der Waals surface area contributed by atoms with Gasteiger partial charge in [-0.25, -0.2) is 9.59 Å². The Kier molecular flexibility index (Phi) is 10.6. The number of ether oxygens (including phenoxy) is 3. The number of rotatable bonds is 7. The third kappa shape index (κ3) is 8.33. The van der Waals surface area contributed by atoms with Gasteiger partial charge in [-0.1, -0.05) is 13.8 Å². The zero-order valence-corrected chi connectivity index (χ0v) is 18.7. The fourth-order valence-corrected chi connectivity index (χ4v) is 3.12. The fourth-order valence-electron chi connectivity index (χ4n) is 3.12. The minimum absolute atomic E-state index is 0.266. The summed E-state index contributed by atoms with van der Waals surface area (Å²) in [7, 11) is 4.85. The van der Waals surface area contributed by atoms with Crippen molar-refractivity contribution in [2.45, 2.75) is 26.8 Å². The molecule has 0 saturated carbocycles. The monoisotopic (exact) mass is 440 g/mol. The normalized spacial score (nSPS) is 13.8. The van der Waals surface area contributed by atoms with E-state index in [2.05, 4.69) is 18.7 Å². The number of carboxylic acids is 2. The number of nitrogens with zero attached hydrogens (tertiary/aromatic N) is 2. The topological polar surface area (TPSA) is 126 Å². The maximum Gasteiger partial charge on any atom is 0.414 e. The van der Waals surface area contributed by atoms with Crippen LogP contribution in [0.4, 0.5) is 0 Å². The van der Waals surface area contributed by atoms with Crippen molar-refractivity contribution in [2.24, 2.45) is 5.92 Å². The Labute approximate surface area is 182 Å². The van der Waals surface area contributed by atoms with E-state index in [-0.39, 0.29) is 5.91 Å². The molecule has 10 heteroatoms. The van der Waals surface area contributed by atoms with E-state index >= 15 is 0 Å². The number of methoxy groups -OCH3 is 3. The average molecular weight is 440 g/mol. The molecule has 1 fully saturated rings. The molecule has 1 aliphatic heterocycles. The summed E-state index contributed by atoms with van der Waals surface area (Å²) in [6.07, 6.45) is 0.632. The molecule has 0 bridgehead atoms. The van der Waals surface area contributed by atoms with Gasteiger partial charge < -0.3 is 29.3 Å². The molecular weight excluding hydrogens is 408 g/mol. The van der Waals surface area contributed by atoms with Crippen molar-refractivity contribution in [2.75, 3.05) is 47.5 Å². The first kappa shape index (κ1) is 26.0. The first-order valence-electron chi connectivity index (χ1n) is 9.88. The van der Waals surface area contributed by atoms with Gasteiger partial charge in [0.1, 0.15) is 0 Å². The predicted molar refractivity (Wildman–Crippen MR) is 113 cm³/mol. The third-order valence-corrected chi connectivity index (χ3v) is 4.62. The number of amides is 1. The summed E-state index contributed by atoms with van der Waals surface area (Å²) in [5.74, 6) is -1.03. The van der Waals surface area contributed by atoms with Crippen molar-refractivity contribution in [1.82, 2.24) is 9.80 Å².